The molecule has 4 aromatic rings. The highest BCUT2D eigenvalue weighted by Gasteiger charge is 2.36. The van der Waals surface area contributed by atoms with Crippen molar-refractivity contribution in [2.45, 2.75) is 37.5 Å². The minimum atomic E-state index is -0.613. The predicted molar refractivity (Wildman–Crippen MR) is 160 cm³/mol. The molecule has 0 aromatic heterocycles. The van der Waals surface area contributed by atoms with E-state index in [9.17, 15) is 20.4 Å². The Balaban J connectivity index is 1.87. The van der Waals surface area contributed by atoms with Crippen molar-refractivity contribution in [2.75, 3.05) is 0 Å². The highest BCUT2D eigenvalue weighted by atomic mass is 79.9. The number of aromatic hydroxyl groups is 4. The quantitative estimate of drug-likeness (QED) is 0.157. The lowest BCUT2D eigenvalue weighted by molar-refractivity contribution is 0.409. The Bertz CT molecular complexity index is 1290. The van der Waals surface area contributed by atoms with Crippen LogP contribution >= 0.6 is 55.1 Å². The summed E-state index contributed by atoms with van der Waals surface area (Å²) in [5.74, 6) is 0.277. The Morgan fingerprint density at radius 1 is 0.526 bits per heavy atom. The van der Waals surface area contributed by atoms with Crippen molar-refractivity contribution in [2.24, 2.45) is 0 Å². The molecule has 0 saturated heterocycles. The van der Waals surface area contributed by atoms with Crippen molar-refractivity contribution in [1.82, 2.24) is 0 Å². The predicted octanol–water partition coefficient (Wildman–Crippen LogP) is 9.43. The molecule has 8 heteroatoms. The van der Waals surface area contributed by atoms with Crippen LogP contribution in [-0.2, 0) is 10.8 Å². The van der Waals surface area contributed by atoms with Gasteiger partial charge in [-0.2, -0.15) is 0 Å². The van der Waals surface area contributed by atoms with Gasteiger partial charge in [-0.15, -0.1) is 0 Å². The third-order valence-electron chi connectivity index (χ3n) is 7.46. The average molecular weight is 681 g/mol. The molecule has 0 saturated carbocycles. The Morgan fingerprint density at radius 3 is 1.11 bits per heavy atom. The van der Waals surface area contributed by atoms with Crippen LogP contribution in [0.5, 0.6) is 23.0 Å². The first kappa shape index (κ1) is 28.6. The topological polar surface area (TPSA) is 80.9 Å². The van der Waals surface area contributed by atoms with Gasteiger partial charge in [0.1, 0.15) is 23.0 Å². The minimum absolute atomic E-state index is 0.00534. The van der Waals surface area contributed by atoms with Crippen molar-refractivity contribution in [3.8, 4) is 23.0 Å². The SMILES string of the molecule is CC(CCC(C)(c1ccc(O)c(Br)c1)c1ccc(O)c(Br)c1)(c1ccc(O)c(Cl)c1)c1ccc(O)c(Cl)c1. The fourth-order valence-electron chi connectivity index (χ4n) is 4.81. The molecule has 38 heavy (non-hydrogen) atoms. The first-order valence-electron chi connectivity index (χ1n) is 11.8. The molecule has 4 nitrogen and oxygen atoms in total. The van der Waals surface area contributed by atoms with Crippen LogP contribution in [0.25, 0.3) is 0 Å². The van der Waals surface area contributed by atoms with Crippen molar-refractivity contribution in [1.29, 1.82) is 0 Å². The van der Waals surface area contributed by atoms with E-state index in [1.54, 1.807) is 36.4 Å². The third kappa shape index (κ3) is 5.50. The van der Waals surface area contributed by atoms with Gasteiger partial charge in [-0.25, -0.2) is 0 Å². The summed E-state index contributed by atoms with van der Waals surface area (Å²) in [6, 6.07) is 21.3. The Morgan fingerprint density at radius 2 is 0.816 bits per heavy atom. The van der Waals surface area contributed by atoms with E-state index in [0.29, 0.717) is 21.8 Å². The van der Waals surface area contributed by atoms with E-state index in [1.807, 2.05) is 36.4 Å². The van der Waals surface area contributed by atoms with Crippen LogP contribution in [0.15, 0.2) is 81.7 Å². The van der Waals surface area contributed by atoms with Crippen LogP contribution < -0.4 is 0 Å². The summed E-state index contributed by atoms with van der Waals surface area (Å²) in [6.45, 7) is 4.21. The van der Waals surface area contributed by atoms with Crippen LogP contribution in [0.3, 0.4) is 0 Å². The van der Waals surface area contributed by atoms with E-state index in [2.05, 4.69) is 45.7 Å². The van der Waals surface area contributed by atoms with E-state index in [-0.39, 0.29) is 33.0 Å². The van der Waals surface area contributed by atoms with Crippen LogP contribution in [0.4, 0.5) is 0 Å². The zero-order chi connectivity index (χ0) is 27.8. The zero-order valence-corrected chi connectivity index (χ0v) is 25.3. The maximum atomic E-state index is 10.2. The Kier molecular flexibility index (Phi) is 8.29. The van der Waals surface area contributed by atoms with Gasteiger partial charge >= 0.3 is 0 Å². The largest absolute Gasteiger partial charge is 0.507 e. The number of rotatable bonds is 7. The molecule has 0 aliphatic heterocycles. The molecule has 0 aliphatic carbocycles. The lowest BCUT2D eigenvalue weighted by atomic mass is 9.66. The number of hydrogen-bond donors (Lipinski definition) is 4. The number of halogens is 4. The van der Waals surface area contributed by atoms with E-state index in [0.717, 1.165) is 22.3 Å². The Hall–Kier alpha value is -2.38. The van der Waals surface area contributed by atoms with E-state index >= 15 is 0 Å². The molecule has 0 radical (unpaired) electrons. The molecule has 0 spiro atoms. The van der Waals surface area contributed by atoms with Crippen LogP contribution in [0.1, 0.15) is 48.9 Å². The maximum Gasteiger partial charge on any atom is 0.134 e. The maximum absolute atomic E-state index is 10.2. The second kappa shape index (κ2) is 11.0. The molecule has 4 rings (SSSR count). The zero-order valence-electron chi connectivity index (χ0n) is 20.6. The van der Waals surface area contributed by atoms with Crippen LogP contribution in [0, 0.1) is 0 Å². The molecular weight excluding hydrogens is 655 g/mol. The first-order valence-corrected chi connectivity index (χ1v) is 14.2. The van der Waals surface area contributed by atoms with E-state index in [4.69, 9.17) is 23.2 Å². The summed E-state index contributed by atoms with van der Waals surface area (Å²) in [5.41, 5.74) is 2.53. The lowest BCUT2D eigenvalue weighted by Gasteiger charge is -2.38. The molecule has 4 N–H and O–H groups in total. The van der Waals surface area contributed by atoms with Crippen molar-refractivity contribution in [3.63, 3.8) is 0 Å². The first-order chi connectivity index (χ1) is 17.8. The fourth-order valence-corrected chi connectivity index (χ4v) is 5.93. The number of benzene rings is 4. The van der Waals surface area contributed by atoms with Gasteiger partial charge in [-0.05, 0) is 115 Å². The van der Waals surface area contributed by atoms with Crippen LogP contribution in [-0.4, -0.2) is 20.4 Å². The summed E-state index contributed by atoms with van der Waals surface area (Å²) in [6.07, 6.45) is 1.25. The molecule has 0 unspecified atom stereocenters. The summed E-state index contributed by atoms with van der Waals surface area (Å²) in [4.78, 5) is 0. The number of phenolic OH excluding ortho intramolecular Hbond substituents is 4. The third-order valence-corrected chi connectivity index (χ3v) is 9.34. The molecule has 0 heterocycles. The molecule has 0 aliphatic rings. The molecular formula is C30H26Br2Cl2O4. The van der Waals surface area contributed by atoms with Gasteiger partial charge in [0.05, 0.1) is 19.0 Å². The van der Waals surface area contributed by atoms with E-state index < -0.39 is 10.8 Å². The summed E-state index contributed by atoms with van der Waals surface area (Å²) < 4.78 is 1.16. The van der Waals surface area contributed by atoms with Gasteiger partial charge in [0.15, 0.2) is 0 Å². The highest BCUT2D eigenvalue weighted by Crippen LogP contribution is 2.47. The van der Waals surface area contributed by atoms with E-state index in [1.165, 1.54) is 0 Å². The second-order valence-electron chi connectivity index (χ2n) is 9.83. The van der Waals surface area contributed by atoms with Gasteiger partial charge in [0.25, 0.3) is 0 Å². The summed E-state index contributed by atoms with van der Waals surface area (Å²) >= 11 is 19.6. The summed E-state index contributed by atoms with van der Waals surface area (Å²) in [7, 11) is 0. The fraction of sp³-hybridized carbons (Fsp3) is 0.200. The van der Waals surface area contributed by atoms with Crippen molar-refractivity contribution < 1.29 is 20.4 Å². The van der Waals surface area contributed by atoms with Gasteiger partial charge < -0.3 is 20.4 Å². The van der Waals surface area contributed by atoms with Gasteiger partial charge in [0, 0.05) is 10.8 Å². The average Bonchev–Trinajstić information content (AvgIpc) is 2.88. The Labute approximate surface area is 248 Å². The monoisotopic (exact) mass is 678 g/mol. The van der Waals surface area contributed by atoms with Gasteiger partial charge in [-0.1, -0.05) is 61.3 Å². The second-order valence-corrected chi connectivity index (χ2v) is 12.4. The molecule has 198 valence electrons. The van der Waals surface area contributed by atoms with Gasteiger partial charge in [0.2, 0.25) is 0 Å². The smallest absolute Gasteiger partial charge is 0.134 e. The standard InChI is InChI=1S/C30H26Br2Cl2O4/c1-29(17-3-7-25(35)21(31)13-17,18-4-8-26(36)22(32)14-18)11-12-30(2,19-5-9-27(37)23(33)15-19)20-6-10-28(38)24(34)16-20/h3-10,13-16,35-38H,11-12H2,1-2H3. The molecule has 0 amide bonds. The van der Waals surface area contributed by atoms with Crippen LogP contribution in [0.2, 0.25) is 10.0 Å². The minimum Gasteiger partial charge on any atom is -0.507 e. The van der Waals surface area contributed by atoms with Crippen molar-refractivity contribution >= 4 is 55.1 Å². The summed E-state index contributed by atoms with van der Waals surface area (Å²) in [5, 5.41) is 41.0. The molecule has 0 fully saturated rings. The molecule has 0 atom stereocenters. The molecule has 4 aromatic carbocycles. The number of phenols is 4. The molecule has 0 bridgehead atoms. The number of hydrogen-bond acceptors (Lipinski definition) is 4. The normalized spacial score (nSPS) is 12.1. The van der Waals surface area contributed by atoms with Gasteiger partial charge in [-0.3, -0.25) is 0 Å². The van der Waals surface area contributed by atoms with Crippen molar-refractivity contribution in [3.05, 3.63) is 114 Å². The highest BCUT2D eigenvalue weighted by molar-refractivity contribution is 9.10. The lowest BCUT2D eigenvalue weighted by Crippen LogP contribution is -2.30.